The van der Waals surface area contributed by atoms with E-state index < -0.39 is 0 Å². The fourth-order valence-corrected chi connectivity index (χ4v) is 2.00. The van der Waals surface area contributed by atoms with Crippen LogP contribution in [0.4, 0.5) is 5.69 Å². The van der Waals surface area contributed by atoms with Crippen LogP contribution in [0.2, 0.25) is 0 Å². The summed E-state index contributed by atoms with van der Waals surface area (Å²) in [6.45, 7) is 3.16. The molecule has 1 amide bonds. The molecule has 0 fully saturated rings. The SMILES string of the molecule is CCCCCC(=O)NC(=S)Nc1ccc(OCCOC)cc1. The number of amides is 1. The summed E-state index contributed by atoms with van der Waals surface area (Å²) in [7, 11) is 1.63. The third-order valence-electron chi connectivity index (χ3n) is 2.93. The molecule has 1 aromatic carbocycles. The van der Waals surface area contributed by atoms with E-state index in [1.54, 1.807) is 7.11 Å². The quantitative estimate of drug-likeness (QED) is 0.540. The summed E-state index contributed by atoms with van der Waals surface area (Å²) in [5.74, 6) is 0.711. The lowest BCUT2D eigenvalue weighted by atomic mass is 10.2. The van der Waals surface area contributed by atoms with Crippen molar-refractivity contribution in [1.82, 2.24) is 5.32 Å². The monoisotopic (exact) mass is 324 g/mol. The van der Waals surface area contributed by atoms with Gasteiger partial charge in [-0.3, -0.25) is 4.79 Å². The van der Waals surface area contributed by atoms with Gasteiger partial charge >= 0.3 is 0 Å². The van der Waals surface area contributed by atoms with E-state index in [9.17, 15) is 4.79 Å². The van der Waals surface area contributed by atoms with E-state index in [-0.39, 0.29) is 5.91 Å². The molecule has 0 heterocycles. The minimum absolute atomic E-state index is 0.0505. The first-order chi connectivity index (χ1) is 10.7. The Balaban J connectivity index is 2.33. The summed E-state index contributed by atoms with van der Waals surface area (Å²) in [6.07, 6.45) is 3.54. The second-order valence-corrected chi connectivity index (χ2v) is 5.23. The molecule has 0 aliphatic rings. The summed E-state index contributed by atoms with van der Waals surface area (Å²) in [6, 6.07) is 7.36. The van der Waals surface area contributed by atoms with Crippen molar-refractivity contribution in [3.8, 4) is 5.75 Å². The number of thiocarbonyl (C=S) groups is 1. The van der Waals surface area contributed by atoms with Crippen LogP contribution < -0.4 is 15.4 Å². The third kappa shape index (κ3) is 7.95. The average molecular weight is 324 g/mol. The zero-order valence-corrected chi connectivity index (χ0v) is 14.0. The van der Waals surface area contributed by atoms with Crippen molar-refractivity contribution in [2.45, 2.75) is 32.6 Å². The van der Waals surface area contributed by atoms with Gasteiger partial charge in [0.2, 0.25) is 5.91 Å². The molecule has 0 saturated heterocycles. The van der Waals surface area contributed by atoms with Gasteiger partial charge in [0, 0.05) is 19.2 Å². The summed E-state index contributed by atoms with van der Waals surface area (Å²) < 4.78 is 10.4. The number of hydrogen-bond acceptors (Lipinski definition) is 4. The molecule has 1 rings (SSSR count). The Morgan fingerprint density at radius 3 is 2.55 bits per heavy atom. The van der Waals surface area contributed by atoms with Gasteiger partial charge in [0.15, 0.2) is 5.11 Å². The summed E-state index contributed by atoms with van der Waals surface area (Å²) in [5.41, 5.74) is 0.804. The summed E-state index contributed by atoms with van der Waals surface area (Å²) >= 11 is 5.12. The Morgan fingerprint density at radius 2 is 1.91 bits per heavy atom. The first-order valence-electron chi connectivity index (χ1n) is 7.48. The predicted molar refractivity (Wildman–Crippen MR) is 92.3 cm³/mol. The first-order valence-corrected chi connectivity index (χ1v) is 7.89. The topological polar surface area (TPSA) is 59.6 Å². The molecule has 0 atom stereocenters. The highest BCUT2D eigenvalue weighted by Gasteiger charge is 2.04. The minimum atomic E-state index is -0.0505. The number of carbonyl (C=O) groups excluding carboxylic acids is 1. The second-order valence-electron chi connectivity index (χ2n) is 4.83. The van der Waals surface area contributed by atoms with Crippen molar-refractivity contribution in [2.75, 3.05) is 25.6 Å². The van der Waals surface area contributed by atoms with Gasteiger partial charge in [-0.2, -0.15) is 0 Å². The molecule has 0 bridgehead atoms. The molecule has 0 saturated carbocycles. The molecule has 5 nitrogen and oxygen atoms in total. The number of nitrogens with one attached hydrogen (secondary N) is 2. The van der Waals surface area contributed by atoms with E-state index in [0.717, 1.165) is 30.7 Å². The molecule has 22 heavy (non-hydrogen) atoms. The number of hydrogen-bond donors (Lipinski definition) is 2. The zero-order chi connectivity index (χ0) is 16.2. The third-order valence-corrected chi connectivity index (χ3v) is 3.13. The van der Waals surface area contributed by atoms with E-state index in [0.29, 0.717) is 24.7 Å². The molecule has 0 spiro atoms. The maximum atomic E-state index is 11.6. The van der Waals surface area contributed by atoms with Gasteiger partial charge in [-0.1, -0.05) is 19.8 Å². The van der Waals surface area contributed by atoms with E-state index in [2.05, 4.69) is 17.6 Å². The molecule has 1 aromatic rings. The van der Waals surface area contributed by atoms with Gasteiger partial charge in [0.05, 0.1) is 6.61 Å². The molecule has 2 N–H and O–H groups in total. The van der Waals surface area contributed by atoms with Crippen LogP contribution >= 0.6 is 12.2 Å². The number of unbranched alkanes of at least 4 members (excludes halogenated alkanes) is 2. The standard InChI is InChI=1S/C16H24N2O3S/c1-3-4-5-6-15(19)18-16(22)17-13-7-9-14(10-8-13)21-12-11-20-2/h7-10H,3-6,11-12H2,1-2H3,(H2,17,18,19,22). The molecule has 6 heteroatoms. The Morgan fingerprint density at radius 1 is 1.18 bits per heavy atom. The molecule has 0 aliphatic heterocycles. The van der Waals surface area contributed by atoms with E-state index in [4.69, 9.17) is 21.7 Å². The van der Waals surface area contributed by atoms with Crippen LogP contribution in [0.25, 0.3) is 0 Å². The Hall–Kier alpha value is -1.66. The van der Waals surface area contributed by atoms with E-state index in [1.807, 2.05) is 24.3 Å². The lowest BCUT2D eigenvalue weighted by Gasteiger charge is -2.10. The first kappa shape index (κ1) is 18.4. The molecule has 0 aromatic heterocycles. The number of ether oxygens (including phenoxy) is 2. The highest BCUT2D eigenvalue weighted by Crippen LogP contribution is 2.15. The van der Waals surface area contributed by atoms with Crippen LogP contribution in [0, 0.1) is 0 Å². The summed E-state index contributed by atoms with van der Waals surface area (Å²) in [4.78, 5) is 11.6. The van der Waals surface area contributed by atoms with Crippen molar-refractivity contribution in [3.05, 3.63) is 24.3 Å². The maximum Gasteiger partial charge on any atom is 0.226 e. The van der Waals surface area contributed by atoms with Crippen molar-refractivity contribution in [3.63, 3.8) is 0 Å². The number of methoxy groups -OCH3 is 1. The van der Waals surface area contributed by atoms with Crippen LogP contribution in [0.5, 0.6) is 5.75 Å². The fraction of sp³-hybridized carbons (Fsp3) is 0.500. The highest BCUT2D eigenvalue weighted by molar-refractivity contribution is 7.80. The smallest absolute Gasteiger partial charge is 0.226 e. The number of benzene rings is 1. The van der Waals surface area contributed by atoms with Crippen molar-refractivity contribution < 1.29 is 14.3 Å². The fourth-order valence-electron chi connectivity index (χ4n) is 1.76. The lowest BCUT2D eigenvalue weighted by molar-refractivity contribution is -0.119. The van der Waals surface area contributed by atoms with Crippen molar-refractivity contribution in [2.24, 2.45) is 0 Å². The minimum Gasteiger partial charge on any atom is -0.491 e. The number of rotatable bonds is 9. The van der Waals surface area contributed by atoms with Crippen molar-refractivity contribution in [1.29, 1.82) is 0 Å². The Labute approximate surface area is 137 Å². The molecule has 0 radical (unpaired) electrons. The number of anilines is 1. The van der Waals surface area contributed by atoms with Crippen LogP contribution in [0.3, 0.4) is 0 Å². The van der Waals surface area contributed by atoms with Crippen LogP contribution in [0.15, 0.2) is 24.3 Å². The average Bonchev–Trinajstić information content (AvgIpc) is 2.49. The predicted octanol–water partition coefficient (Wildman–Crippen LogP) is 3.11. The molecular weight excluding hydrogens is 300 g/mol. The van der Waals surface area contributed by atoms with Crippen LogP contribution in [-0.4, -0.2) is 31.3 Å². The van der Waals surface area contributed by atoms with Crippen molar-refractivity contribution >= 4 is 28.9 Å². The molecular formula is C16H24N2O3S. The highest BCUT2D eigenvalue weighted by atomic mass is 32.1. The van der Waals surface area contributed by atoms with Gasteiger partial charge in [0.25, 0.3) is 0 Å². The normalized spacial score (nSPS) is 10.1. The number of carbonyl (C=O) groups is 1. The Bertz CT molecular complexity index is 463. The molecule has 0 aliphatic carbocycles. The summed E-state index contributed by atoms with van der Waals surface area (Å²) in [5, 5.41) is 5.97. The largest absolute Gasteiger partial charge is 0.491 e. The van der Waals surface area contributed by atoms with Crippen LogP contribution in [-0.2, 0) is 9.53 Å². The van der Waals surface area contributed by atoms with Gasteiger partial charge in [-0.25, -0.2) is 0 Å². The molecule has 122 valence electrons. The maximum absolute atomic E-state index is 11.6. The van der Waals surface area contributed by atoms with Gasteiger partial charge in [0.1, 0.15) is 12.4 Å². The van der Waals surface area contributed by atoms with E-state index >= 15 is 0 Å². The zero-order valence-electron chi connectivity index (χ0n) is 13.2. The lowest BCUT2D eigenvalue weighted by Crippen LogP contribution is -2.33. The second kappa shape index (κ2) is 11.0. The van der Waals surface area contributed by atoms with E-state index in [1.165, 1.54) is 0 Å². The van der Waals surface area contributed by atoms with Gasteiger partial charge in [-0.05, 0) is 42.9 Å². The van der Waals surface area contributed by atoms with Gasteiger partial charge in [-0.15, -0.1) is 0 Å². The van der Waals surface area contributed by atoms with Crippen LogP contribution in [0.1, 0.15) is 32.6 Å². The molecule has 0 unspecified atom stereocenters. The van der Waals surface area contributed by atoms with Gasteiger partial charge < -0.3 is 20.1 Å². The Kier molecular flexibility index (Phi) is 9.18.